The van der Waals surface area contributed by atoms with Crippen LogP contribution in [0.25, 0.3) is 33.3 Å². The van der Waals surface area contributed by atoms with Crippen LogP contribution in [-0.4, -0.2) is 25.4 Å². The van der Waals surface area contributed by atoms with Gasteiger partial charge in [0.1, 0.15) is 17.9 Å². The second kappa shape index (κ2) is 7.68. The number of amides is 1. The smallest absolute Gasteiger partial charge is 0.244 e. The standard InChI is InChI=1S/C23H16BrN5O/c24-17-12-20-23(26-13-17)29(22(28-20)16-8-10-25-11-9-16)14-21(30)27-19-7-3-5-15-4-1-2-6-18(15)19/h1-13H,14H2,(H,27,30). The van der Waals surface area contributed by atoms with Gasteiger partial charge >= 0.3 is 0 Å². The Bertz CT molecular complexity index is 1380. The number of pyridine rings is 2. The number of halogens is 1. The Hall–Kier alpha value is -3.58. The number of benzene rings is 2. The molecule has 6 nitrogen and oxygen atoms in total. The number of imidazole rings is 1. The topological polar surface area (TPSA) is 72.7 Å². The molecule has 0 fully saturated rings. The molecular weight excluding hydrogens is 442 g/mol. The summed E-state index contributed by atoms with van der Waals surface area (Å²) in [5.41, 5.74) is 3.02. The van der Waals surface area contributed by atoms with Crippen molar-refractivity contribution in [3.05, 3.63) is 83.7 Å². The number of carbonyl (C=O) groups excluding carboxylic acids is 1. The zero-order chi connectivity index (χ0) is 20.5. The van der Waals surface area contributed by atoms with E-state index in [0.717, 1.165) is 26.5 Å². The molecule has 0 bridgehead atoms. The Labute approximate surface area is 180 Å². The van der Waals surface area contributed by atoms with Gasteiger partial charge in [-0.15, -0.1) is 0 Å². The highest BCUT2D eigenvalue weighted by Crippen LogP contribution is 2.26. The number of fused-ring (bicyclic) bond motifs is 2. The number of carbonyl (C=O) groups is 1. The summed E-state index contributed by atoms with van der Waals surface area (Å²) in [6.45, 7) is 0.0893. The first-order valence-electron chi connectivity index (χ1n) is 9.39. The Balaban J connectivity index is 1.53. The monoisotopic (exact) mass is 457 g/mol. The van der Waals surface area contributed by atoms with Gasteiger partial charge in [0.15, 0.2) is 5.65 Å². The SMILES string of the molecule is O=C(Cn1c(-c2ccncc2)nc2cc(Br)cnc21)Nc1cccc2ccccc12. The number of hydrogen-bond acceptors (Lipinski definition) is 4. The number of nitrogens with one attached hydrogen (secondary N) is 1. The van der Waals surface area contributed by atoms with Crippen molar-refractivity contribution in [2.45, 2.75) is 6.54 Å². The van der Waals surface area contributed by atoms with Gasteiger partial charge in [-0.05, 0) is 45.6 Å². The van der Waals surface area contributed by atoms with Crippen molar-refractivity contribution in [2.75, 3.05) is 5.32 Å². The minimum atomic E-state index is -0.148. The summed E-state index contributed by atoms with van der Waals surface area (Å²) in [7, 11) is 0. The lowest BCUT2D eigenvalue weighted by molar-refractivity contribution is -0.116. The summed E-state index contributed by atoms with van der Waals surface area (Å²) in [6, 6.07) is 19.5. The van der Waals surface area contributed by atoms with Gasteiger partial charge in [-0.1, -0.05) is 36.4 Å². The predicted molar refractivity (Wildman–Crippen MR) is 121 cm³/mol. The Kier molecular flexibility index (Phi) is 4.72. The molecule has 0 saturated heterocycles. The maximum atomic E-state index is 13.0. The highest BCUT2D eigenvalue weighted by molar-refractivity contribution is 9.10. The van der Waals surface area contributed by atoms with Crippen molar-refractivity contribution in [3.63, 3.8) is 0 Å². The molecule has 1 N–H and O–H groups in total. The lowest BCUT2D eigenvalue weighted by Gasteiger charge is -2.11. The van der Waals surface area contributed by atoms with Crippen molar-refractivity contribution in [2.24, 2.45) is 0 Å². The lowest BCUT2D eigenvalue weighted by atomic mass is 10.1. The summed E-state index contributed by atoms with van der Waals surface area (Å²) in [5, 5.41) is 5.12. The van der Waals surface area contributed by atoms with Gasteiger partial charge in [-0.3, -0.25) is 14.3 Å². The molecule has 1 amide bonds. The van der Waals surface area contributed by atoms with Crippen LogP contribution in [0.3, 0.4) is 0 Å². The largest absolute Gasteiger partial charge is 0.324 e. The van der Waals surface area contributed by atoms with Crippen LogP contribution in [0.1, 0.15) is 0 Å². The molecule has 7 heteroatoms. The van der Waals surface area contributed by atoms with E-state index in [-0.39, 0.29) is 12.5 Å². The van der Waals surface area contributed by atoms with Gasteiger partial charge in [0, 0.05) is 39.7 Å². The van der Waals surface area contributed by atoms with Crippen LogP contribution in [0.4, 0.5) is 5.69 Å². The third-order valence-electron chi connectivity index (χ3n) is 4.86. The minimum absolute atomic E-state index is 0.0893. The number of aromatic nitrogens is 4. The first-order valence-corrected chi connectivity index (χ1v) is 10.2. The second-order valence-electron chi connectivity index (χ2n) is 6.83. The maximum absolute atomic E-state index is 13.0. The van der Waals surface area contributed by atoms with Gasteiger partial charge in [-0.25, -0.2) is 9.97 Å². The zero-order valence-corrected chi connectivity index (χ0v) is 17.4. The average Bonchev–Trinajstić information content (AvgIpc) is 3.12. The van der Waals surface area contributed by atoms with Crippen molar-refractivity contribution in [1.29, 1.82) is 0 Å². The second-order valence-corrected chi connectivity index (χ2v) is 7.74. The van der Waals surface area contributed by atoms with Crippen LogP contribution in [0.15, 0.2) is 83.7 Å². The third-order valence-corrected chi connectivity index (χ3v) is 5.29. The normalized spacial score (nSPS) is 11.1. The molecular formula is C23H16BrN5O. The number of nitrogens with zero attached hydrogens (tertiary/aromatic N) is 4. The molecule has 5 rings (SSSR count). The van der Waals surface area contributed by atoms with Crippen LogP contribution in [0, 0.1) is 0 Å². The average molecular weight is 458 g/mol. The van der Waals surface area contributed by atoms with Crippen molar-refractivity contribution in [1.82, 2.24) is 19.5 Å². The van der Waals surface area contributed by atoms with E-state index in [4.69, 9.17) is 4.98 Å². The quantitative estimate of drug-likeness (QED) is 0.409. The highest BCUT2D eigenvalue weighted by Gasteiger charge is 2.17. The summed E-state index contributed by atoms with van der Waals surface area (Å²) in [6.07, 6.45) is 5.12. The molecule has 0 aliphatic carbocycles. The van der Waals surface area contributed by atoms with Crippen molar-refractivity contribution >= 4 is 49.5 Å². The fourth-order valence-electron chi connectivity index (χ4n) is 3.53. The summed E-state index contributed by atoms with van der Waals surface area (Å²) >= 11 is 3.44. The molecule has 3 heterocycles. The maximum Gasteiger partial charge on any atom is 0.244 e. The fourth-order valence-corrected chi connectivity index (χ4v) is 3.84. The number of rotatable bonds is 4. The Morgan fingerprint density at radius 1 is 1.03 bits per heavy atom. The van der Waals surface area contributed by atoms with E-state index < -0.39 is 0 Å². The predicted octanol–water partition coefficient (Wildman–Crippen LogP) is 5.05. The van der Waals surface area contributed by atoms with E-state index in [9.17, 15) is 4.79 Å². The van der Waals surface area contributed by atoms with Gasteiger partial charge < -0.3 is 5.32 Å². The van der Waals surface area contributed by atoms with E-state index >= 15 is 0 Å². The van der Waals surface area contributed by atoms with Crippen molar-refractivity contribution in [3.8, 4) is 11.4 Å². The molecule has 0 aliphatic heterocycles. The van der Waals surface area contributed by atoms with Crippen molar-refractivity contribution < 1.29 is 4.79 Å². The fraction of sp³-hybridized carbons (Fsp3) is 0.0435. The molecule has 0 aliphatic rings. The van der Waals surface area contributed by atoms with Crippen LogP contribution in [0.5, 0.6) is 0 Å². The Morgan fingerprint density at radius 3 is 2.70 bits per heavy atom. The Morgan fingerprint density at radius 2 is 1.83 bits per heavy atom. The van der Waals surface area contributed by atoms with Crippen LogP contribution >= 0.6 is 15.9 Å². The molecule has 0 radical (unpaired) electrons. The molecule has 5 aromatic rings. The highest BCUT2D eigenvalue weighted by atomic mass is 79.9. The summed E-state index contributed by atoms with van der Waals surface area (Å²) in [5.74, 6) is 0.525. The van der Waals surface area contributed by atoms with Crippen LogP contribution < -0.4 is 5.32 Å². The minimum Gasteiger partial charge on any atom is -0.324 e. The van der Waals surface area contributed by atoms with Gasteiger partial charge in [0.2, 0.25) is 5.91 Å². The zero-order valence-electron chi connectivity index (χ0n) is 15.8. The van der Waals surface area contributed by atoms with E-state index in [1.165, 1.54) is 0 Å². The van der Waals surface area contributed by atoms with Gasteiger partial charge in [0.25, 0.3) is 0 Å². The molecule has 2 aromatic carbocycles. The molecule has 146 valence electrons. The molecule has 0 unspecified atom stereocenters. The van der Waals surface area contributed by atoms with E-state index in [1.54, 1.807) is 18.6 Å². The summed E-state index contributed by atoms with van der Waals surface area (Å²) in [4.78, 5) is 26.3. The molecule has 0 saturated carbocycles. The number of anilines is 1. The number of hydrogen-bond donors (Lipinski definition) is 1. The van der Waals surface area contributed by atoms with Gasteiger partial charge in [0.05, 0.1) is 0 Å². The first kappa shape index (κ1) is 18.4. The molecule has 3 aromatic heterocycles. The molecule has 0 atom stereocenters. The van der Waals surface area contributed by atoms with Crippen LogP contribution in [-0.2, 0) is 11.3 Å². The van der Waals surface area contributed by atoms with E-state index in [1.807, 2.05) is 65.2 Å². The molecule has 0 spiro atoms. The molecule has 30 heavy (non-hydrogen) atoms. The third kappa shape index (κ3) is 3.44. The van der Waals surface area contributed by atoms with Crippen LogP contribution in [0.2, 0.25) is 0 Å². The first-order chi connectivity index (χ1) is 14.7. The summed E-state index contributed by atoms with van der Waals surface area (Å²) < 4.78 is 2.67. The lowest BCUT2D eigenvalue weighted by Crippen LogP contribution is -2.19. The van der Waals surface area contributed by atoms with E-state index in [0.29, 0.717) is 17.0 Å². The van der Waals surface area contributed by atoms with Gasteiger partial charge in [-0.2, -0.15) is 0 Å². The van der Waals surface area contributed by atoms with E-state index in [2.05, 4.69) is 31.2 Å².